The van der Waals surface area contributed by atoms with E-state index >= 15 is 0 Å². The molecule has 0 saturated carbocycles. The van der Waals surface area contributed by atoms with Crippen LogP contribution in [-0.4, -0.2) is 14.6 Å². The predicted octanol–water partition coefficient (Wildman–Crippen LogP) is 1.01. The summed E-state index contributed by atoms with van der Waals surface area (Å²) < 4.78 is 1.33. The first-order valence-electron chi connectivity index (χ1n) is 4.42. The molecule has 0 unspecified atom stereocenters. The van der Waals surface area contributed by atoms with Gasteiger partial charge in [-0.05, 0) is 31.9 Å². The number of rotatable bonds is 0. The van der Waals surface area contributed by atoms with Gasteiger partial charge in [-0.25, -0.2) is 4.98 Å². The zero-order valence-electron chi connectivity index (χ0n) is 8.40. The molecule has 14 heavy (non-hydrogen) atoms. The van der Waals surface area contributed by atoms with E-state index in [-0.39, 0.29) is 5.56 Å². The van der Waals surface area contributed by atoms with Crippen molar-refractivity contribution in [3.05, 3.63) is 39.4 Å². The van der Waals surface area contributed by atoms with Gasteiger partial charge in [-0.3, -0.25) is 4.79 Å². The molecule has 0 N–H and O–H groups in total. The van der Waals surface area contributed by atoms with Crippen molar-refractivity contribution in [3.63, 3.8) is 0 Å². The number of hydrogen-bond acceptors (Lipinski definition) is 3. The second kappa shape index (κ2) is 2.90. The molecule has 0 aliphatic heterocycles. The highest BCUT2D eigenvalue weighted by molar-refractivity contribution is 5.48. The van der Waals surface area contributed by atoms with Crippen molar-refractivity contribution in [2.75, 3.05) is 0 Å². The third-order valence-electron chi connectivity index (χ3n) is 2.32. The third-order valence-corrected chi connectivity index (χ3v) is 2.32. The van der Waals surface area contributed by atoms with Crippen LogP contribution >= 0.6 is 0 Å². The van der Waals surface area contributed by atoms with E-state index in [0.717, 1.165) is 16.8 Å². The standard InChI is InChI=1S/C10H11N3O/c1-6-5-11-13-9(14)4-7(2)12-10(13)8(6)3/h4-5H,1-3H3. The van der Waals surface area contributed by atoms with Crippen molar-refractivity contribution >= 4 is 5.65 Å². The molecule has 0 atom stereocenters. The van der Waals surface area contributed by atoms with E-state index in [0.29, 0.717) is 5.65 Å². The lowest BCUT2D eigenvalue weighted by atomic mass is 10.2. The molecule has 2 heterocycles. The van der Waals surface area contributed by atoms with Crippen LogP contribution in [0.5, 0.6) is 0 Å². The molecular weight excluding hydrogens is 178 g/mol. The maximum atomic E-state index is 11.5. The second-order valence-corrected chi connectivity index (χ2v) is 3.42. The lowest BCUT2D eigenvalue weighted by molar-refractivity contribution is 0.844. The van der Waals surface area contributed by atoms with E-state index in [1.165, 1.54) is 10.6 Å². The Hall–Kier alpha value is -1.71. The van der Waals surface area contributed by atoms with Crippen molar-refractivity contribution in [2.24, 2.45) is 0 Å². The van der Waals surface area contributed by atoms with E-state index in [1.54, 1.807) is 6.20 Å². The van der Waals surface area contributed by atoms with Crippen molar-refractivity contribution < 1.29 is 0 Å². The van der Waals surface area contributed by atoms with Crippen LogP contribution in [0.2, 0.25) is 0 Å². The third kappa shape index (κ3) is 1.19. The Morgan fingerprint density at radius 3 is 2.71 bits per heavy atom. The average Bonchev–Trinajstić information content (AvgIpc) is 2.12. The lowest BCUT2D eigenvalue weighted by Gasteiger charge is -2.04. The van der Waals surface area contributed by atoms with Gasteiger partial charge in [0.15, 0.2) is 5.65 Å². The molecule has 0 aliphatic rings. The first kappa shape index (κ1) is 8.87. The number of nitrogens with zero attached hydrogens (tertiary/aromatic N) is 3. The summed E-state index contributed by atoms with van der Waals surface area (Å²) in [4.78, 5) is 15.8. The summed E-state index contributed by atoms with van der Waals surface area (Å²) in [5.74, 6) is 0. The Balaban J connectivity index is 3.03. The minimum Gasteiger partial charge on any atom is -0.267 e. The number of aromatic nitrogens is 3. The quantitative estimate of drug-likeness (QED) is 0.621. The second-order valence-electron chi connectivity index (χ2n) is 3.42. The Morgan fingerprint density at radius 2 is 2.00 bits per heavy atom. The fourth-order valence-electron chi connectivity index (χ4n) is 1.36. The predicted molar refractivity (Wildman–Crippen MR) is 53.5 cm³/mol. The molecule has 2 rings (SSSR count). The first-order valence-corrected chi connectivity index (χ1v) is 4.42. The van der Waals surface area contributed by atoms with Gasteiger partial charge >= 0.3 is 0 Å². The molecule has 0 saturated heterocycles. The Bertz CT molecular complexity index is 557. The fraction of sp³-hybridized carbons (Fsp3) is 0.300. The van der Waals surface area contributed by atoms with Gasteiger partial charge in [0.1, 0.15) is 0 Å². The molecule has 72 valence electrons. The molecule has 0 fully saturated rings. The van der Waals surface area contributed by atoms with Crippen LogP contribution in [0.25, 0.3) is 5.65 Å². The van der Waals surface area contributed by atoms with Crippen LogP contribution in [0.4, 0.5) is 0 Å². The normalized spacial score (nSPS) is 10.8. The minimum atomic E-state index is -0.129. The summed E-state index contributed by atoms with van der Waals surface area (Å²) in [6.07, 6.45) is 1.68. The minimum absolute atomic E-state index is 0.129. The maximum absolute atomic E-state index is 11.5. The van der Waals surface area contributed by atoms with E-state index in [9.17, 15) is 4.79 Å². The van der Waals surface area contributed by atoms with Crippen molar-refractivity contribution in [1.82, 2.24) is 14.6 Å². The topological polar surface area (TPSA) is 47.3 Å². The molecule has 2 aromatic heterocycles. The van der Waals surface area contributed by atoms with Gasteiger partial charge in [-0.1, -0.05) is 0 Å². The van der Waals surface area contributed by atoms with E-state index in [2.05, 4.69) is 10.1 Å². The summed E-state index contributed by atoms with van der Waals surface area (Å²) >= 11 is 0. The van der Waals surface area contributed by atoms with Crippen LogP contribution in [-0.2, 0) is 0 Å². The van der Waals surface area contributed by atoms with Gasteiger partial charge in [-0.2, -0.15) is 9.61 Å². The highest BCUT2D eigenvalue weighted by Gasteiger charge is 2.04. The first-order chi connectivity index (χ1) is 6.59. The molecule has 0 amide bonds. The van der Waals surface area contributed by atoms with Gasteiger partial charge in [0.05, 0.1) is 6.20 Å². The van der Waals surface area contributed by atoms with Gasteiger partial charge in [0.25, 0.3) is 5.56 Å². The van der Waals surface area contributed by atoms with Crippen molar-refractivity contribution in [1.29, 1.82) is 0 Å². The van der Waals surface area contributed by atoms with Crippen LogP contribution < -0.4 is 5.56 Å². The highest BCUT2D eigenvalue weighted by atomic mass is 16.1. The van der Waals surface area contributed by atoms with E-state index in [4.69, 9.17) is 0 Å². The monoisotopic (exact) mass is 189 g/mol. The SMILES string of the molecule is Cc1cc(=O)n2ncc(C)c(C)c2n1. The zero-order valence-corrected chi connectivity index (χ0v) is 8.40. The average molecular weight is 189 g/mol. The summed E-state index contributed by atoms with van der Waals surface area (Å²) in [6, 6.07) is 1.48. The molecular formula is C10H11N3O. The summed E-state index contributed by atoms with van der Waals surface area (Å²) in [5.41, 5.74) is 3.29. The molecule has 0 aromatic carbocycles. The zero-order chi connectivity index (χ0) is 10.3. The van der Waals surface area contributed by atoms with Gasteiger partial charge in [0.2, 0.25) is 0 Å². The molecule has 4 heteroatoms. The lowest BCUT2D eigenvalue weighted by Crippen LogP contribution is -2.18. The van der Waals surface area contributed by atoms with Gasteiger partial charge < -0.3 is 0 Å². The number of hydrogen-bond donors (Lipinski definition) is 0. The van der Waals surface area contributed by atoms with Crippen molar-refractivity contribution in [3.8, 4) is 0 Å². The Labute approximate surface area is 81.2 Å². The summed E-state index contributed by atoms with van der Waals surface area (Å²) in [5, 5.41) is 4.02. The number of aryl methyl sites for hydroxylation is 3. The largest absolute Gasteiger partial charge is 0.274 e. The fourth-order valence-corrected chi connectivity index (χ4v) is 1.36. The van der Waals surface area contributed by atoms with Gasteiger partial charge in [0, 0.05) is 11.8 Å². The smallest absolute Gasteiger partial charge is 0.267 e. The summed E-state index contributed by atoms with van der Waals surface area (Å²) in [6.45, 7) is 5.71. The molecule has 0 bridgehead atoms. The molecule has 0 radical (unpaired) electrons. The molecule has 0 aliphatic carbocycles. The van der Waals surface area contributed by atoms with Gasteiger partial charge in [-0.15, -0.1) is 0 Å². The molecule has 0 spiro atoms. The summed E-state index contributed by atoms with van der Waals surface area (Å²) in [7, 11) is 0. The molecule has 2 aromatic rings. The van der Waals surface area contributed by atoms with Crippen LogP contribution in [0, 0.1) is 20.8 Å². The van der Waals surface area contributed by atoms with Crippen LogP contribution in [0.3, 0.4) is 0 Å². The highest BCUT2D eigenvalue weighted by Crippen LogP contribution is 2.08. The van der Waals surface area contributed by atoms with Crippen LogP contribution in [0.15, 0.2) is 17.1 Å². The Morgan fingerprint density at radius 1 is 1.29 bits per heavy atom. The van der Waals surface area contributed by atoms with E-state index in [1.807, 2.05) is 20.8 Å². The van der Waals surface area contributed by atoms with Crippen LogP contribution in [0.1, 0.15) is 16.8 Å². The molecule has 4 nitrogen and oxygen atoms in total. The maximum Gasteiger partial charge on any atom is 0.274 e. The van der Waals surface area contributed by atoms with E-state index < -0.39 is 0 Å². The van der Waals surface area contributed by atoms with Crippen molar-refractivity contribution in [2.45, 2.75) is 20.8 Å². The number of fused-ring (bicyclic) bond motifs is 1. The Kier molecular flexibility index (Phi) is 1.84.